The number of hydrogen-bond donors (Lipinski definition) is 7. The zero-order valence-electron chi connectivity index (χ0n) is 20.7. The Morgan fingerprint density at radius 1 is 1.03 bits per heavy atom. The van der Waals surface area contributed by atoms with Gasteiger partial charge in [0.2, 0.25) is 17.7 Å². The number of aromatic amines is 1. The number of rotatable bonds is 11. The largest absolute Gasteiger partial charge is 0.480 e. The van der Waals surface area contributed by atoms with Crippen LogP contribution in [0.4, 0.5) is 0 Å². The van der Waals surface area contributed by atoms with E-state index in [0.717, 1.165) is 22.9 Å². The number of hydrogen-bond acceptors (Lipinski definition) is 6. The Balaban J connectivity index is 1.69. The van der Waals surface area contributed by atoms with Crippen molar-refractivity contribution in [3.8, 4) is 0 Å². The molecule has 36 heavy (non-hydrogen) atoms. The lowest BCUT2D eigenvalue weighted by Crippen LogP contribution is -2.60. The summed E-state index contributed by atoms with van der Waals surface area (Å²) >= 11 is 0. The second kappa shape index (κ2) is 12.0. The van der Waals surface area contributed by atoms with Gasteiger partial charge in [0.15, 0.2) is 0 Å². The van der Waals surface area contributed by atoms with Gasteiger partial charge in [0.05, 0.1) is 12.1 Å². The molecule has 1 fully saturated rings. The predicted molar refractivity (Wildman–Crippen MR) is 133 cm³/mol. The molecule has 0 spiro atoms. The SMILES string of the molecule is CC(C)C(NC(=O)C(NC(=O)C1CCCN1)C(C)O)C(=O)NC(Cc1c[nH]c2ccccc12)C(=O)O. The maximum absolute atomic E-state index is 13.1. The molecule has 3 rings (SSSR count). The molecule has 11 heteroatoms. The number of aliphatic carboxylic acids is 1. The van der Waals surface area contributed by atoms with Crippen LogP contribution in [0.25, 0.3) is 10.9 Å². The molecule has 0 bridgehead atoms. The van der Waals surface area contributed by atoms with Crippen LogP contribution in [0.1, 0.15) is 39.2 Å². The third kappa shape index (κ3) is 6.61. The van der Waals surface area contributed by atoms with E-state index in [0.29, 0.717) is 13.0 Å². The van der Waals surface area contributed by atoms with Crippen LogP contribution in [0.15, 0.2) is 30.5 Å². The zero-order valence-corrected chi connectivity index (χ0v) is 20.7. The number of aromatic nitrogens is 1. The van der Waals surface area contributed by atoms with E-state index >= 15 is 0 Å². The number of H-pyrrole nitrogens is 1. The summed E-state index contributed by atoms with van der Waals surface area (Å²) in [5.74, 6) is -3.39. The van der Waals surface area contributed by atoms with E-state index in [2.05, 4.69) is 26.3 Å². The molecular formula is C25H35N5O6. The second-order valence-corrected chi connectivity index (χ2v) is 9.57. The third-order valence-corrected chi connectivity index (χ3v) is 6.40. The van der Waals surface area contributed by atoms with E-state index in [-0.39, 0.29) is 6.42 Å². The third-order valence-electron chi connectivity index (χ3n) is 6.40. The van der Waals surface area contributed by atoms with Crippen LogP contribution in [0.3, 0.4) is 0 Å². The Morgan fingerprint density at radius 2 is 1.72 bits per heavy atom. The van der Waals surface area contributed by atoms with E-state index in [1.54, 1.807) is 20.0 Å². The zero-order chi connectivity index (χ0) is 26.4. The van der Waals surface area contributed by atoms with Gasteiger partial charge in [-0.2, -0.15) is 0 Å². The number of carbonyl (C=O) groups is 4. The standard InChI is InChI=1S/C25H35N5O6/c1-13(2)20(29-24(34)21(14(3)31)30-22(32)18-9-6-10-26-18)23(33)28-19(25(35)36)11-15-12-27-17-8-5-4-7-16(15)17/h4-5,7-8,12-14,18-21,26-27,31H,6,9-11H2,1-3H3,(H,28,33)(H,29,34)(H,30,32)(H,35,36). The Labute approximate surface area is 209 Å². The average Bonchev–Trinajstić information content (AvgIpc) is 3.50. The lowest BCUT2D eigenvalue weighted by atomic mass is 10.00. The first-order valence-corrected chi connectivity index (χ1v) is 12.2. The molecule has 5 unspecified atom stereocenters. The minimum Gasteiger partial charge on any atom is -0.480 e. The fraction of sp³-hybridized carbons (Fsp3) is 0.520. The maximum atomic E-state index is 13.1. The number of benzene rings is 1. The Hall–Kier alpha value is -3.44. The molecule has 7 N–H and O–H groups in total. The van der Waals surface area contributed by atoms with Crippen LogP contribution in [0.5, 0.6) is 0 Å². The van der Waals surface area contributed by atoms with Gasteiger partial charge in [0.1, 0.15) is 18.1 Å². The predicted octanol–water partition coefficient (Wildman–Crippen LogP) is 0.0382. The highest BCUT2D eigenvalue weighted by Crippen LogP contribution is 2.19. The molecule has 2 heterocycles. The van der Waals surface area contributed by atoms with E-state index < -0.39 is 59.9 Å². The number of carboxylic acid groups (broad SMARTS) is 1. The molecule has 0 saturated carbocycles. The summed E-state index contributed by atoms with van der Waals surface area (Å²) < 4.78 is 0. The Kier molecular flexibility index (Phi) is 9.05. The molecule has 196 valence electrons. The number of carboxylic acids is 1. The summed E-state index contributed by atoms with van der Waals surface area (Å²) in [6.45, 7) is 5.48. The van der Waals surface area contributed by atoms with Gasteiger partial charge in [-0.1, -0.05) is 32.0 Å². The van der Waals surface area contributed by atoms with Crippen LogP contribution in [-0.2, 0) is 25.6 Å². The summed E-state index contributed by atoms with van der Waals surface area (Å²) in [7, 11) is 0. The summed E-state index contributed by atoms with van der Waals surface area (Å²) in [5.41, 5.74) is 1.59. The van der Waals surface area contributed by atoms with Crippen LogP contribution in [0.2, 0.25) is 0 Å². The van der Waals surface area contributed by atoms with Gasteiger partial charge in [-0.25, -0.2) is 4.79 Å². The summed E-state index contributed by atoms with van der Waals surface area (Å²) in [6.07, 6.45) is 2.01. The van der Waals surface area contributed by atoms with Gasteiger partial charge in [-0.05, 0) is 43.9 Å². The van der Waals surface area contributed by atoms with Crippen LogP contribution in [0, 0.1) is 5.92 Å². The summed E-state index contributed by atoms with van der Waals surface area (Å²) in [6, 6.07) is 3.43. The topological polar surface area (TPSA) is 173 Å². The normalized spacial score (nSPS) is 18.9. The number of carbonyl (C=O) groups excluding carboxylic acids is 3. The van der Waals surface area contributed by atoms with E-state index in [9.17, 15) is 29.4 Å². The van der Waals surface area contributed by atoms with Crippen LogP contribution in [-0.4, -0.2) is 75.7 Å². The van der Waals surface area contributed by atoms with Crippen molar-refractivity contribution in [2.75, 3.05) is 6.54 Å². The van der Waals surface area contributed by atoms with Gasteiger partial charge < -0.3 is 36.5 Å². The van der Waals surface area contributed by atoms with Gasteiger partial charge in [0, 0.05) is 23.5 Å². The van der Waals surface area contributed by atoms with Crippen molar-refractivity contribution in [3.05, 3.63) is 36.0 Å². The monoisotopic (exact) mass is 501 g/mol. The van der Waals surface area contributed by atoms with Crippen molar-refractivity contribution in [1.29, 1.82) is 0 Å². The first kappa shape index (κ1) is 27.2. The van der Waals surface area contributed by atoms with Crippen molar-refractivity contribution < 1.29 is 29.4 Å². The summed E-state index contributed by atoms with van der Waals surface area (Å²) in [4.78, 5) is 53.6. The first-order chi connectivity index (χ1) is 17.1. The highest BCUT2D eigenvalue weighted by atomic mass is 16.4. The molecule has 0 aliphatic carbocycles. The first-order valence-electron chi connectivity index (χ1n) is 12.2. The van der Waals surface area contributed by atoms with E-state index in [1.807, 2.05) is 24.3 Å². The molecule has 11 nitrogen and oxygen atoms in total. The average molecular weight is 502 g/mol. The molecule has 3 amide bonds. The molecule has 1 saturated heterocycles. The van der Waals surface area contributed by atoms with Gasteiger partial charge in [-0.3, -0.25) is 14.4 Å². The molecule has 1 aromatic carbocycles. The fourth-order valence-electron chi connectivity index (χ4n) is 4.33. The van der Waals surface area contributed by atoms with E-state index in [1.165, 1.54) is 6.92 Å². The van der Waals surface area contributed by atoms with Gasteiger partial charge >= 0.3 is 5.97 Å². The molecule has 0 radical (unpaired) electrons. The van der Waals surface area contributed by atoms with Crippen molar-refractivity contribution in [1.82, 2.24) is 26.3 Å². The fourth-order valence-corrected chi connectivity index (χ4v) is 4.33. The number of aliphatic hydroxyl groups is 1. The minimum atomic E-state index is -1.27. The summed E-state index contributed by atoms with van der Waals surface area (Å²) in [5, 5.41) is 31.5. The lowest BCUT2D eigenvalue weighted by Gasteiger charge is -2.28. The quantitative estimate of drug-likeness (QED) is 0.228. The maximum Gasteiger partial charge on any atom is 0.326 e. The number of aliphatic hydroxyl groups excluding tert-OH is 1. The highest BCUT2D eigenvalue weighted by Gasteiger charge is 2.34. The van der Waals surface area contributed by atoms with Crippen molar-refractivity contribution in [2.45, 2.75) is 70.3 Å². The van der Waals surface area contributed by atoms with Gasteiger partial charge in [-0.15, -0.1) is 0 Å². The van der Waals surface area contributed by atoms with Crippen molar-refractivity contribution >= 4 is 34.6 Å². The van der Waals surface area contributed by atoms with Crippen LogP contribution >= 0.6 is 0 Å². The smallest absolute Gasteiger partial charge is 0.326 e. The number of amides is 3. The van der Waals surface area contributed by atoms with Gasteiger partial charge in [0.25, 0.3) is 0 Å². The molecule has 1 aliphatic rings. The van der Waals surface area contributed by atoms with Crippen molar-refractivity contribution in [3.63, 3.8) is 0 Å². The Morgan fingerprint density at radius 3 is 2.33 bits per heavy atom. The lowest BCUT2D eigenvalue weighted by molar-refractivity contribution is -0.142. The Bertz CT molecular complexity index is 1090. The highest BCUT2D eigenvalue weighted by molar-refractivity contribution is 5.94. The molecule has 2 aromatic rings. The number of fused-ring (bicyclic) bond motifs is 1. The van der Waals surface area contributed by atoms with Crippen molar-refractivity contribution in [2.24, 2.45) is 5.92 Å². The molecule has 1 aliphatic heterocycles. The number of nitrogens with one attached hydrogen (secondary N) is 5. The minimum absolute atomic E-state index is 0.0462. The molecule has 5 atom stereocenters. The second-order valence-electron chi connectivity index (χ2n) is 9.57. The number of para-hydroxylation sites is 1. The van der Waals surface area contributed by atoms with Crippen LogP contribution < -0.4 is 21.3 Å². The molecular weight excluding hydrogens is 466 g/mol. The molecule has 1 aromatic heterocycles. The van der Waals surface area contributed by atoms with E-state index in [4.69, 9.17) is 0 Å².